The van der Waals surface area contributed by atoms with Crippen molar-refractivity contribution in [2.24, 2.45) is 5.73 Å². The topological polar surface area (TPSA) is 44.5 Å². The van der Waals surface area contributed by atoms with Gasteiger partial charge in [0.2, 0.25) is 0 Å². The molecule has 0 saturated heterocycles. The van der Waals surface area contributed by atoms with E-state index in [1.807, 2.05) is 6.92 Å². The molecule has 0 radical (unpaired) electrons. The fourth-order valence-electron chi connectivity index (χ4n) is 2.69. The van der Waals surface area contributed by atoms with Crippen molar-refractivity contribution < 1.29 is 9.47 Å². The monoisotopic (exact) mass is 313 g/mol. The molecule has 1 aliphatic carbocycles. The molecule has 0 aliphatic heterocycles. The molecule has 1 saturated carbocycles. The first-order chi connectivity index (χ1) is 8.59. The summed E-state index contributed by atoms with van der Waals surface area (Å²) in [6, 6.07) is 2.09. The third-order valence-corrected chi connectivity index (χ3v) is 5.07. The van der Waals surface area contributed by atoms with Gasteiger partial charge in [-0.15, -0.1) is 0 Å². The van der Waals surface area contributed by atoms with Crippen LogP contribution in [0, 0.1) is 6.92 Å². The number of halogens is 1. The van der Waals surface area contributed by atoms with Crippen molar-refractivity contribution in [3.05, 3.63) is 21.7 Å². The van der Waals surface area contributed by atoms with Gasteiger partial charge < -0.3 is 15.2 Å². The first-order valence-electron chi connectivity index (χ1n) is 6.21. The van der Waals surface area contributed by atoms with E-state index in [1.54, 1.807) is 14.2 Å². The number of rotatable bonds is 4. The normalized spacial score (nSPS) is 17.2. The highest BCUT2D eigenvalue weighted by atomic mass is 79.9. The van der Waals surface area contributed by atoms with Crippen molar-refractivity contribution in [1.82, 2.24) is 0 Å². The van der Waals surface area contributed by atoms with Crippen LogP contribution in [0.4, 0.5) is 0 Å². The van der Waals surface area contributed by atoms with Crippen LogP contribution in [-0.2, 0) is 5.41 Å². The fraction of sp³-hybridized carbons (Fsp3) is 0.571. The number of hydrogen-bond donors (Lipinski definition) is 1. The average molecular weight is 314 g/mol. The SMILES string of the molecule is COc1cc(C2(CN)CCC2)c(OC)c(Br)c1C. The number of methoxy groups -OCH3 is 2. The molecule has 18 heavy (non-hydrogen) atoms. The van der Waals surface area contributed by atoms with Crippen molar-refractivity contribution in [3.63, 3.8) is 0 Å². The maximum atomic E-state index is 5.99. The van der Waals surface area contributed by atoms with Crippen LogP contribution in [0.1, 0.15) is 30.4 Å². The second-order valence-corrected chi connectivity index (χ2v) is 5.73. The van der Waals surface area contributed by atoms with Crippen LogP contribution in [0.5, 0.6) is 11.5 Å². The van der Waals surface area contributed by atoms with Gasteiger partial charge in [0.25, 0.3) is 0 Å². The van der Waals surface area contributed by atoms with Crippen LogP contribution in [0.25, 0.3) is 0 Å². The second kappa shape index (κ2) is 5.10. The predicted molar refractivity (Wildman–Crippen MR) is 76.6 cm³/mol. The minimum Gasteiger partial charge on any atom is -0.496 e. The standard InChI is InChI=1S/C14H20BrNO2/c1-9-11(17-2)7-10(13(18-3)12(9)15)14(8-16)5-4-6-14/h7H,4-6,8,16H2,1-3H3. The van der Waals surface area contributed by atoms with E-state index < -0.39 is 0 Å². The summed E-state index contributed by atoms with van der Waals surface area (Å²) in [5, 5.41) is 0. The maximum Gasteiger partial charge on any atom is 0.137 e. The first-order valence-corrected chi connectivity index (χ1v) is 7.00. The highest BCUT2D eigenvalue weighted by Crippen LogP contribution is 2.50. The van der Waals surface area contributed by atoms with Gasteiger partial charge in [0.15, 0.2) is 0 Å². The number of nitrogens with two attached hydrogens (primary N) is 1. The zero-order chi connectivity index (χ0) is 13.3. The molecule has 1 aliphatic rings. The Morgan fingerprint density at radius 1 is 1.33 bits per heavy atom. The predicted octanol–water partition coefficient (Wildman–Crippen LogP) is 3.16. The minimum atomic E-state index is 0.0643. The molecule has 0 amide bonds. The summed E-state index contributed by atoms with van der Waals surface area (Å²) in [5.74, 6) is 1.79. The third kappa shape index (κ3) is 1.91. The van der Waals surface area contributed by atoms with Crippen molar-refractivity contribution in [2.75, 3.05) is 20.8 Å². The molecule has 1 aromatic carbocycles. The van der Waals surface area contributed by atoms with Gasteiger partial charge in [0.1, 0.15) is 11.5 Å². The summed E-state index contributed by atoms with van der Waals surface area (Å²) in [7, 11) is 3.40. The molecule has 0 bridgehead atoms. The van der Waals surface area contributed by atoms with Crippen molar-refractivity contribution in [1.29, 1.82) is 0 Å². The van der Waals surface area contributed by atoms with Gasteiger partial charge in [-0.05, 0) is 41.8 Å². The zero-order valence-corrected chi connectivity index (χ0v) is 12.8. The lowest BCUT2D eigenvalue weighted by molar-refractivity contribution is 0.242. The molecule has 3 nitrogen and oxygen atoms in total. The van der Waals surface area contributed by atoms with Crippen LogP contribution >= 0.6 is 15.9 Å². The molecular weight excluding hydrogens is 294 g/mol. The van der Waals surface area contributed by atoms with Crippen molar-refractivity contribution >= 4 is 15.9 Å². The summed E-state index contributed by atoms with van der Waals surface area (Å²) in [4.78, 5) is 0. The lowest BCUT2D eigenvalue weighted by atomic mass is 9.64. The lowest BCUT2D eigenvalue weighted by Crippen LogP contribution is -2.41. The van der Waals surface area contributed by atoms with Gasteiger partial charge in [-0.1, -0.05) is 6.42 Å². The highest BCUT2D eigenvalue weighted by Gasteiger charge is 2.40. The largest absolute Gasteiger partial charge is 0.496 e. The summed E-state index contributed by atoms with van der Waals surface area (Å²) >= 11 is 3.61. The van der Waals surface area contributed by atoms with Gasteiger partial charge in [-0.3, -0.25) is 0 Å². The van der Waals surface area contributed by atoms with E-state index in [0.29, 0.717) is 6.54 Å². The summed E-state index contributed by atoms with van der Waals surface area (Å²) < 4.78 is 12.0. The van der Waals surface area contributed by atoms with E-state index in [4.69, 9.17) is 15.2 Å². The Morgan fingerprint density at radius 3 is 2.39 bits per heavy atom. The van der Waals surface area contributed by atoms with Crippen LogP contribution in [-0.4, -0.2) is 20.8 Å². The van der Waals surface area contributed by atoms with Crippen LogP contribution in [0.3, 0.4) is 0 Å². The quantitative estimate of drug-likeness (QED) is 0.928. The Labute approximate surface area is 117 Å². The van der Waals surface area contributed by atoms with E-state index in [1.165, 1.54) is 12.0 Å². The first kappa shape index (κ1) is 13.7. The summed E-state index contributed by atoms with van der Waals surface area (Å²) in [5.41, 5.74) is 8.29. The minimum absolute atomic E-state index is 0.0643. The molecule has 1 aromatic rings. The van der Waals surface area contributed by atoms with Gasteiger partial charge in [-0.2, -0.15) is 0 Å². The molecule has 4 heteroatoms. The average Bonchev–Trinajstić information content (AvgIpc) is 2.33. The molecule has 0 spiro atoms. The summed E-state index contributed by atoms with van der Waals surface area (Å²) in [6.45, 7) is 2.67. The zero-order valence-electron chi connectivity index (χ0n) is 11.2. The Balaban J connectivity index is 2.61. The van der Waals surface area contributed by atoms with E-state index in [-0.39, 0.29) is 5.41 Å². The molecule has 100 valence electrons. The second-order valence-electron chi connectivity index (χ2n) is 4.94. The maximum absolute atomic E-state index is 5.99. The Bertz CT molecular complexity index is 450. The Hall–Kier alpha value is -0.740. The fourth-order valence-corrected chi connectivity index (χ4v) is 3.26. The van der Waals surface area contributed by atoms with E-state index in [9.17, 15) is 0 Å². The van der Waals surface area contributed by atoms with E-state index >= 15 is 0 Å². The molecule has 2 N–H and O–H groups in total. The Morgan fingerprint density at radius 2 is 2.00 bits per heavy atom. The smallest absolute Gasteiger partial charge is 0.137 e. The van der Waals surface area contributed by atoms with Gasteiger partial charge >= 0.3 is 0 Å². The van der Waals surface area contributed by atoms with Crippen molar-refractivity contribution in [3.8, 4) is 11.5 Å². The number of benzene rings is 1. The van der Waals surface area contributed by atoms with E-state index in [0.717, 1.165) is 34.4 Å². The molecule has 0 aromatic heterocycles. The van der Waals surface area contributed by atoms with Crippen LogP contribution in [0.15, 0.2) is 10.5 Å². The highest BCUT2D eigenvalue weighted by molar-refractivity contribution is 9.10. The molecule has 0 unspecified atom stereocenters. The molecule has 1 fully saturated rings. The molecule has 2 rings (SSSR count). The van der Waals surface area contributed by atoms with Crippen LogP contribution < -0.4 is 15.2 Å². The summed E-state index contributed by atoms with van der Waals surface area (Å²) in [6.07, 6.45) is 3.48. The molecular formula is C14H20BrNO2. The lowest BCUT2D eigenvalue weighted by Gasteiger charge is -2.42. The van der Waals surface area contributed by atoms with Gasteiger partial charge in [0, 0.05) is 23.1 Å². The van der Waals surface area contributed by atoms with Gasteiger partial charge in [-0.25, -0.2) is 0 Å². The van der Waals surface area contributed by atoms with Crippen molar-refractivity contribution in [2.45, 2.75) is 31.6 Å². The number of ether oxygens (including phenoxy) is 2. The molecule has 0 atom stereocenters. The van der Waals surface area contributed by atoms with E-state index in [2.05, 4.69) is 22.0 Å². The number of hydrogen-bond acceptors (Lipinski definition) is 3. The Kier molecular flexibility index (Phi) is 3.87. The third-order valence-electron chi connectivity index (χ3n) is 4.12. The molecule has 0 heterocycles. The van der Waals surface area contributed by atoms with Gasteiger partial charge in [0.05, 0.1) is 18.7 Å². The van der Waals surface area contributed by atoms with Crippen LogP contribution in [0.2, 0.25) is 0 Å².